The van der Waals surface area contributed by atoms with Gasteiger partial charge in [0.15, 0.2) is 6.29 Å². The van der Waals surface area contributed by atoms with Crippen molar-refractivity contribution in [3.8, 4) is 0 Å². The fourth-order valence-electron chi connectivity index (χ4n) is 1.02. The standard InChI is InChI=1S/C9H19ClO2/c1-4-8(7-10)9(11-5-2)12-6-3/h8-9H,4-7H2,1-3H3. The van der Waals surface area contributed by atoms with Gasteiger partial charge in [0, 0.05) is 25.0 Å². The molecule has 2 nitrogen and oxygen atoms in total. The second kappa shape index (κ2) is 7.84. The number of ether oxygens (including phenoxy) is 2. The van der Waals surface area contributed by atoms with E-state index in [1.54, 1.807) is 0 Å². The van der Waals surface area contributed by atoms with Crippen LogP contribution in [0.15, 0.2) is 0 Å². The van der Waals surface area contributed by atoms with Crippen molar-refractivity contribution in [3.05, 3.63) is 0 Å². The summed E-state index contributed by atoms with van der Waals surface area (Å²) in [7, 11) is 0. The molecule has 0 rings (SSSR count). The van der Waals surface area contributed by atoms with Crippen molar-refractivity contribution >= 4 is 11.6 Å². The maximum atomic E-state index is 5.77. The van der Waals surface area contributed by atoms with Gasteiger partial charge >= 0.3 is 0 Å². The average molecular weight is 195 g/mol. The van der Waals surface area contributed by atoms with Crippen molar-refractivity contribution in [2.75, 3.05) is 19.1 Å². The third-order valence-corrected chi connectivity index (χ3v) is 2.17. The lowest BCUT2D eigenvalue weighted by Crippen LogP contribution is -2.28. The topological polar surface area (TPSA) is 18.5 Å². The van der Waals surface area contributed by atoms with Crippen molar-refractivity contribution < 1.29 is 9.47 Å². The minimum atomic E-state index is -0.123. The molecular formula is C9H19ClO2. The Morgan fingerprint density at radius 3 is 1.83 bits per heavy atom. The molecule has 0 aromatic carbocycles. The quantitative estimate of drug-likeness (QED) is 0.458. The molecule has 12 heavy (non-hydrogen) atoms. The first-order valence-corrected chi connectivity index (χ1v) is 5.12. The lowest BCUT2D eigenvalue weighted by molar-refractivity contribution is -0.163. The summed E-state index contributed by atoms with van der Waals surface area (Å²) < 4.78 is 10.8. The fraction of sp³-hybridized carbons (Fsp3) is 1.00. The first kappa shape index (κ1) is 12.2. The van der Waals surface area contributed by atoms with Gasteiger partial charge in [-0.15, -0.1) is 11.6 Å². The fourth-order valence-corrected chi connectivity index (χ4v) is 1.39. The summed E-state index contributed by atoms with van der Waals surface area (Å²) in [5, 5.41) is 0. The zero-order valence-electron chi connectivity index (χ0n) is 8.18. The highest BCUT2D eigenvalue weighted by Crippen LogP contribution is 2.15. The molecule has 0 aromatic rings. The Bertz CT molecular complexity index is 88.5. The van der Waals surface area contributed by atoms with Gasteiger partial charge in [0.2, 0.25) is 0 Å². The van der Waals surface area contributed by atoms with E-state index in [-0.39, 0.29) is 6.29 Å². The summed E-state index contributed by atoms with van der Waals surface area (Å²) in [6, 6.07) is 0. The zero-order chi connectivity index (χ0) is 9.40. The van der Waals surface area contributed by atoms with Crippen LogP contribution >= 0.6 is 11.6 Å². The molecule has 0 radical (unpaired) electrons. The van der Waals surface area contributed by atoms with Crippen LogP contribution < -0.4 is 0 Å². The van der Waals surface area contributed by atoms with E-state index < -0.39 is 0 Å². The van der Waals surface area contributed by atoms with Crippen molar-refractivity contribution in [3.63, 3.8) is 0 Å². The van der Waals surface area contributed by atoms with E-state index in [2.05, 4.69) is 6.92 Å². The van der Waals surface area contributed by atoms with Crippen LogP contribution in [0.1, 0.15) is 27.2 Å². The summed E-state index contributed by atoms with van der Waals surface area (Å²) in [5.41, 5.74) is 0. The summed E-state index contributed by atoms with van der Waals surface area (Å²) in [6.07, 6.45) is 0.872. The number of hydrogen-bond donors (Lipinski definition) is 0. The maximum Gasteiger partial charge on any atom is 0.161 e. The van der Waals surface area contributed by atoms with Crippen molar-refractivity contribution in [1.82, 2.24) is 0 Å². The van der Waals surface area contributed by atoms with Crippen LogP contribution in [0.5, 0.6) is 0 Å². The summed E-state index contributed by atoms with van der Waals surface area (Å²) in [6.45, 7) is 7.38. The second-order valence-corrected chi connectivity index (χ2v) is 2.91. The largest absolute Gasteiger partial charge is 0.353 e. The van der Waals surface area contributed by atoms with Gasteiger partial charge in [0.25, 0.3) is 0 Å². The molecule has 0 aliphatic carbocycles. The molecule has 1 atom stereocenters. The summed E-state index contributed by atoms with van der Waals surface area (Å²) >= 11 is 5.77. The number of halogens is 1. The normalized spacial score (nSPS) is 13.8. The van der Waals surface area contributed by atoms with Gasteiger partial charge in [-0.1, -0.05) is 6.92 Å². The molecule has 0 aliphatic heterocycles. The highest BCUT2D eigenvalue weighted by atomic mass is 35.5. The van der Waals surface area contributed by atoms with Gasteiger partial charge in [-0.3, -0.25) is 0 Å². The molecule has 0 N–H and O–H groups in total. The Morgan fingerprint density at radius 1 is 1.08 bits per heavy atom. The summed E-state index contributed by atoms with van der Waals surface area (Å²) in [4.78, 5) is 0. The van der Waals surface area contributed by atoms with Crippen LogP contribution in [0, 0.1) is 5.92 Å². The SMILES string of the molecule is CCOC(OCC)C(CC)CCl. The molecule has 0 bridgehead atoms. The van der Waals surface area contributed by atoms with Gasteiger partial charge in [-0.2, -0.15) is 0 Å². The van der Waals surface area contributed by atoms with Crippen molar-refractivity contribution in [2.24, 2.45) is 5.92 Å². The molecule has 0 amide bonds. The Kier molecular flexibility index (Phi) is 7.98. The van der Waals surface area contributed by atoms with Crippen LogP contribution in [0.4, 0.5) is 0 Å². The van der Waals surface area contributed by atoms with Crippen molar-refractivity contribution in [1.29, 1.82) is 0 Å². The van der Waals surface area contributed by atoms with E-state index >= 15 is 0 Å². The van der Waals surface area contributed by atoms with Crippen LogP contribution in [0.25, 0.3) is 0 Å². The molecule has 1 unspecified atom stereocenters. The molecule has 0 spiro atoms. The second-order valence-electron chi connectivity index (χ2n) is 2.60. The molecule has 0 aromatic heterocycles. The number of hydrogen-bond acceptors (Lipinski definition) is 2. The minimum absolute atomic E-state index is 0.123. The van der Waals surface area contributed by atoms with E-state index in [9.17, 15) is 0 Å². The lowest BCUT2D eigenvalue weighted by atomic mass is 10.1. The molecule has 0 saturated carbocycles. The molecule has 0 heterocycles. The molecule has 3 heteroatoms. The third-order valence-electron chi connectivity index (χ3n) is 1.77. The Morgan fingerprint density at radius 2 is 1.58 bits per heavy atom. The van der Waals surface area contributed by atoms with Gasteiger partial charge in [0.1, 0.15) is 0 Å². The average Bonchev–Trinajstić information content (AvgIpc) is 2.07. The van der Waals surface area contributed by atoms with E-state index in [0.717, 1.165) is 6.42 Å². The van der Waals surface area contributed by atoms with E-state index in [1.165, 1.54) is 0 Å². The molecule has 74 valence electrons. The van der Waals surface area contributed by atoms with Gasteiger partial charge < -0.3 is 9.47 Å². The van der Waals surface area contributed by atoms with Crippen LogP contribution in [0.2, 0.25) is 0 Å². The monoisotopic (exact) mass is 194 g/mol. The number of rotatable bonds is 7. The van der Waals surface area contributed by atoms with E-state index in [1.807, 2.05) is 13.8 Å². The predicted octanol–water partition coefficient (Wildman–Crippen LogP) is 2.65. The predicted molar refractivity (Wildman–Crippen MR) is 51.5 cm³/mol. The number of alkyl halides is 1. The zero-order valence-corrected chi connectivity index (χ0v) is 8.93. The molecule has 0 fully saturated rings. The first-order valence-electron chi connectivity index (χ1n) is 4.59. The summed E-state index contributed by atoms with van der Waals surface area (Å²) in [5.74, 6) is 0.910. The van der Waals surface area contributed by atoms with Crippen LogP contribution in [-0.4, -0.2) is 25.4 Å². The minimum Gasteiger partial charge on any atom is -0.353 e. The Balaban J connectivity index is 3.86. The van der Waals surface area contributed by atoms with Gasteiger partial charge in [-0.05, 0) is 20.3 Å². The van der Waals surface area contributed by atoms with Crippen molar-refractivity contribution in [2.45, 2.75) is 33.5 Å². The Hall–Kier alpha value is 0.210. The van der Waals surface area contributed by atoms with E-state index in [0.29, 0.717) is 25.0 Å². The molecule has 0 aliphatic rings. The maximum absolute atomic E-state index is 5.77. The van der Waals surface area contributed by atoms with Crippen LogP contribution in [0.3, 0.4) is 0 Å². The van der Waals surface area contributed by atoms with Crippen LogP contribution in [-0.2, 0) is 9.47 Å². The lowest BCUT2D eigenvalue weighted by Gasteiger charge is -2.23. The Labute approximate surface area is 80.2 Å². The smallest absolute Gasteiger partial charge is 0.161 e. The van der Waals surface area contributed by atoms with Gasteiger partial charge in [-0.25, -0.2) is 0 Å². The highest BCUT2D eigenvalue weighted by Gasteiger charge is 2.19. The highest BCUT2D eigenvalue weighted by molar-refractivity contribution is 6.18. The van der Waals surface area contributed by atoms with E-state index in [4.69, 9.17) is 21.1 Å². The molecular weight excluding hydrogens is 176 g/mol. The molecule has 0 saturated heterocycles. The van der Waals surface area contributed by atoms with Gasteiger partial charge in [0.05, 0.1) is 0 Å². The third kappa shape index (κ3) is 4.29. The first-order chi connectivity index (χ1) is 5.79.